The maximum absolute atomic E-state index is 11.7. The minimum Gasteiger partial charge on any atom is -0.424 e. The number of hydrogen-bond donors (Lipinski definition) is 1. The molecule has 1 saturated carbocycles. The summed E-state index contributed by atoms with van der Waals surface area (Å²) in [7, 11) is 1.98. The highest BCUT2D eigenvalue weighted by molar-refractivity contribution is 5.30. The molecule has 2 aromatic heterocycles. The standard InChI is InChI=1S/C23H27N5O2/c1-27-12-11-24-21(27)23(29)18-6-3-7-19(23)16-28(15-18)14-17-5-2-8-20(13-17)30-22-25-9-4-10-26-22/h2,4-5,8-13,18-19,29H,3,6-7,14-16H2,1H3/t18-,19-/m1/s1. The molecular formula is C23H27N5O2. The zero-order chi connectivity index (χ0) is 20.6. The second-order valence-corrected chi connectivity index (χ2v) is 8.49. The third-order valence-electron chi connectivity index (χ3n) is 6.54. The van der Waals surface area contributed by atoms with Gasteiger partial charge in [-0.25, -0.2) is 15.0 Å². The van der Waals surface area contributed by atoms with Crippen LogP contribution >= 0.6 is 0 Å². The smallest absolute Gasteiger partial charge is 0.321 e. The fourth-order valence-corrected chi connectivity index (χ4v) is 5.20. The highest BCUT2D eigenvalue weighted by Crippen LogP contribution is 2.48. The summed E-state index contributed by atoms with van der Waals surface area (Å²) in [5.74, 6) is 1.95. The van der Waals surface area contributed by atoms with Crippen LogP contribution in [0.3, 0.4) is 0 Å². The Hall–Kier alpha value is -2.77. The van der Waals surface area contributed by atoms with Crippen LogP contribution in [0.25, 0.3) is 0 Å². The number of ether oxygens (including phenoxy) is 1. The molecule has 0 unspecified atom stereocenters. The Kier molecular flexibility index (Phi) is 5.00. The molecule has 3 heterocycles. The van der Waals surface area contributed by atoms with Crippen LogP contribution in [0.1, 0.15) is 30.7 Å². The van der Waals surface area contributed by atoms with Crippen LogP contribution in [-0.2, 0) is 19.2 Å². The van der Waals surface area contributed by atoms with E-state index in [0.717, 1.165) is 44.0 Å². The molecule has 0 spiro atoms. The number of aliphatic hydroxyl groups is 1. The fraction of sp³-hybridized carbons (Fsp3) is 0.435. The predicted octanol–water partition coefficient (Wildman–Crippen LogP) is 3.12. The normalized spacial score (nSPS) is 26.5. The van der Waals surface area contributed by atoms with Crippen molar-refractivity contribution in [1.29, 1.82) is 0 Å². The Morgan fingerprint density at radius 3 is 2.53 bits per heavy atom. The molecule has 5 rings (SSSR count). The van der Waals surface area contributed by atoms with Gasteiger partial charge in [-0.3, -0.25) is 4.90 Å². The molecule has 1 aliphatic carbocycles. The molecule has 7 nitrogen and oxygen atoms in total. The van der Waals surface area contributed by atoms with Crippen molar-refractivity contribution in [3.8, 4) is 11.8 Å². The van der Waals surface area contributed by atoms with Gasteiger partial charge in [-0.2, -0.15) is 0 Å². The number of nitrogens with zero attached hydrogens (tertiary/aromatic N) is 5. The molecule has 7 heteroatoms. The summed E-state index contributed by atoms with van der Waals surface area (Å²) >= 11 is 0. The largest absolute Gasteiger partial charge is 0.424 e. The number of hydrogen-bond acceptors (Lipinski definition) is 6. The van der Waals surface area contributed by atoms with Gasteiger partial charge in [0.1, 0.15) is 17.2 Å². The fourth-order valence-electron chi connectivity index (χ4n) is 5.20. The minimum absolute atomic E-state index is 0.197. The van der Waals surface area contributed by atoms with E-state index < -0.39 is 5.60 Å². The van der Waals surface area contributed by atoms with Gasteiger partial charge in [-0.15, -0.1) is 0 Å². The number of rotatable bonds is 5. The van der Waals surface area contributed by atoms with Crippen LogP contribution < -0.4 is 4.74 Å². The maximum Gasteiger partial charge on any atom is 0.321 e. The number of benzene rings is 1. The molecule has 0 amide bonds. The van der Waals surface area contributed by atoms with Crippen molar-refractivity contribution in [2.75, 3.05) is 13.1 Å². The molecule has 2 fully saturated rings. The summed E-state index contributed by atoms with van der Waals surface area (Å²) in [5, 5.41) is 11.7. The zero-order valence-corrected chi connectivity index (χ0v) is 17.2. The molecule has 2 aliphatic rings. The van der Waals surface area contributed by atoms with E-state index >= 15 is 0 Å². The lowest BCUT2D eigenvalue weighted by Crippen LogP contribution is -2.58. The van der Waals surface area contributed by atoms with Crippen molar-refractivity contribution in [2.24, 2.45) is 18.9 Å². The number of aromatic nitrogens is 4. The first-order valence-corrected chi connectivity index (χ1v) is 10.6. The zero-order valence-electron chi connectivity index (χ0n) is 17.2. The van der Waals surface area contributed by atoms with Crippen LogP contribution in [0.4, 0.5) is 0 Å². The van der Waals surface area contributed by atoms with Gasteiger partial charge in [0.05, 0.1) is 0 Å². The Balaban J connectivity index is 1.32. The number of imidazole rings is 1. The molecule has 0 radical (unpaired) electrons. The van der Waals surface area contributed by atoms with E-state index in [9.17, 15) is 5.11 Å². The summed E-state index contributed by atoms with van der Waals surface area (Å²) < 4.78 is 7.77. The highest BCUT2D eigenvalue weighted by Gasteiger charge is 2.53. The van der Waals surface area contributed by atoms with Crippen LogP contribution in [0.5, 0.6) is 11.8 Å². The van der Waals surface area contributed by atoms with Gasteiger partial charge >= 0.3 is 6.01 Å². The Bertz CT molecular complexity index is 992. The summed E-state index contributed by atoms with van der Waals surface area (Å²) in [5.41, 5.74) is 0.353. The molecule has 3 aromatic rings. The Labute approximate surface area is 176 Å². The van der Waals surface area contributed by atoms with Crippen molar-refractivity contribution >= 4 is 0 Å². The van der Waals surface area contributed by atoms with E-state index in [2.05, 4.69) is 25.9 Å². The van der Waals surface area contributed by atoms with E-state index in [4.69, 9.17) is 4.74 Å². The predicted molar refractivity (Wildman–Crippen MR) is 112 cm³/mol. The first-order valence-electron chi connectivity index (χ1n) is 10.6. The van der Waals surface area contributed by atoms with Gasteiger partial charge in [-0.05, 0) is 36.6 Å². The first kappa shape index (κ1) is 19.2. The van der Waals surface area contributed by atoms with Gasteiger partial charge in [0.15, 0.2) is 0 Å². The Morgan fingerprint density at radius 2 is 1.83 bits per heavy atom. The van der Waals surface area contributed by atoms with Crippen molar-refractivity contribution < 1.29 is 9.84 Å². The van der Waals surface area contributed by atoms with Crippen molar-refractivity contribution in [3.63, 3.8) is 0 Å². The van der Waals surface area contributed by atoms with E-state index in [1.165, 1.54) is 12.0 Å². The summed E-state index contributed by atoms with van der Waals surface area (Å²) in [6.45, 7) is 2.57. The molecule has 1 aliphatic heterocycles. The summed E-state index contributed by atoms with van der Waals surface area (Å²) in [4.78, 5) is 15.2. The molecule has 1 saturated heterocycles. The number of likely N-dealkylation sites (tertiary alicyclic amines) is 1. The molecule has 156 valence electrons. The van der Waals surface area contributed by atoms with Gasteiger partial charge in [0.25, 0.3) is 0 Å². The maximum atomic E-state index is 11.7. The quantitative estimate of drug-likeness (QED) is 0.703. The van der Waals surface area contributed by atoms with Crippen LogP contribution in [0.15, 0.2) is 55.1 Å². The molecule has 1 N–H and O–H groups in total. The van der Waals surface area contributed by atoms with Gasteiger partial charge in [0.2, 0.25) is 0 Å². The molecule has 2 atom stereocenters. The first-order chi connectivity index (χ1) is 14.6. The average molecular weight is 406 g/mol. The number of piperidine rings is 1. The molecule has 30 heavy (non-hydrogen) atoms. The third kappa shape index (κ3) is 3.48. The molecule has 1 aromatic carbocycles. The lowest BCUT2D eigenvalue weighted by molar-refractivity contribution is -0.155. The second-order valence-electron chi connectivity index (χ2n) is 8.49. The summed E-state index contributed by atoms with van der Waals surface area (Å²) in [6.07, 6.45) is 10.3. The monoisotopic (exact) mass is 405 g/mol. The summed E-state index contributed by atoms with van der Waals surface area (Å²) in [6, 6.07) is 10.2. The lowest BCUT2D eigenvalue weighted by atomic mass is 9.65. The van der Waals surface area contributed by atoms with E-state index in [-0.39, 0.29) is 11.8 Å². The SMILES string of the molecule is Cn1ccnc1C1(O)[C@@H]2CCC[C@@H]1CN(Cc1cccc(Oc3ncccn3)c1)C2. The van der Waals surface area contributed by atoms with Crippen molar-refractivity contribution in [2.45, 2.75) is 31.4 Å². The van der Waals surface area contributed by atoms with Crippen molar-refractivity contribution in [1.82, 2.24) is 24.4 Å². The van der Waals surface area contributed by atoms with Gasteiger partial charge in [-0.1, -0.05) is 18.6 Å². The third-order valence-corrected chi connectivity index (χ3v) is 6.54. The van der Waals surface area contributed by atoms with E-state index in [1.54, 1.807) is 24.7 Å². The average Bonchev–Trinajstić information content (AvgIpc) is 3.16. The van der Waals surface area contributed by atoms with Gasteiger partial charge in [0, 0.05) is 63.3 Å². The number of fused-ring (bicyclic) bond motifs is 2. The minimum atomic E-state index is -0.831. The second kappa shape index (κ2) is 7.81. The Morgan fingerprint density at radius 1 is 1.07 bits per heavy atom. The van der Waals surface area contributed by atoms with E-state index in [1.807, 2.05) is 36.0 Å². The van der Waals surface area contributed by atoms with E-state index in [0.29, 0.717) is 6.01 Å². The van der Waals surface area contributed by atoms with Gasteiger partial charge < -0.3 is 14.4 Å². The van der Waals surface area contributed by atoms with Crippen LogP contribution in [0, 0.1) is 11.8 Å². The molecular weight excluding hydrogens is 378 g/mol. The van der Waals surface area contributed by atoms with Crippen LogP contribution in [0.2, 0.25) is 0 Å². The topological polar surface area (TPSA) is 76.3 Å². The lowest BCUT2D eigenvalue weighted by Gasteiger charge is -2.52. The van der Waals surface area contributed by atoms with Crippen molar-refractivity contribution in [3.05, 3.63) is 66.5 Å². The van der Waals surface area contributed by atoms with Crippen LogP contribution in [-0.4, -0.2) is 42.6 Å². The highest BCUT2D eigenvalue weighted by atomic mass is 16.5. The number of aryl methyl sites for hydroxylation is 1. The molecule has 2 bridgehead atoms.